The van der Waals surface area contributed by atoms with Gasteiger partial charge in [0.15, 0.2) is 6.10 Å². The van der Waals surface area contributed by atoms with E-state index >= 15 is 0 Å². The second-order valence-electron chi connectivity index (χ2n) is 8.72. The van der Waals surface area contributed by atoms with E-state index < -0.39 is 12.1 Å². The number of nitrogens with one attached hydrogen (secondary N) is 1. The summed E-state index contributed by atoms with van der Waals surface area (Å²) in [4.78, 5) is 26.1. The maximum atomic E-state index is 12.9. The molecule has 1 aromatic rings. The topological polar surface area (TPSA) is 88.1 Å². The minimum atomic E-state index is -0.957. The number of hydrogen-bond donors (Lipinski definition) is 2. The molecule has 0 bridgehead atoms. The second-order valence-corrected chi connectivity index (χ2v) is 9.94. The van der Waals surface area contributed by atoms with Crippen molar-refractivity contribution in [2.24, 2.45) is 0 Å². The Morgan fingerprint density at radius 2 is 1.85 bits per heavy atom. The number of nitrogens with zero attached hydrogens (tertiary/aromatic N) is 1. The first-order chi connectivity index (χ1) is 16.5. The highest BCUT2D eigenvalue weighted by Crippen LogP contribution is 2.18. The van der Waals surface area contributed by atoms with Crippen LogP contribution in [0.4, 0.5) is 4.79 Å². The fourth-order valence-electron chi connectivity index (χ4n) is 4.06. The molecule has 8 heteroatoms. The molecule has 1 fully saturated rings. The van der Waals surface area contributed by atoms with E-state index in [0.29, 0.717) is 31.9 Å². The zero-order valence-corrected chi connectivity index (χ0v) is 21.6. The Labute approximate surface area is 209 Å². The van der Waals surface area contributed by atoms with Crippen molar-refractivity contribution in [2.75, 3.05) is 37.8 Å². The molecule has 34 heavy (non-hydrogen) atoms. The van der Waals surface area contributed by atoms with Gasteiger partial charge in [-0.1, -0.05) is 38.3 Å². The van der Waals surface area contributed by atoms with Crippen LogP contribution < -0.4 is 10.1 Å². The molecule has 1 unspecified atom stereocenters. The summed E-state index contributed by atoms with van der Waals surface area (Å²) < 4.78 is 11.2. The molecule has 0 saturated heterocycles. The van der Waals surface area contributed by atoms with Gasteiger partial charge >= 0.3 is 12.0 Å². The summed E-state index contributed by atoms with van der Waals surface area (Å²) in [5.74, 6) is 1.97. The maximum absolute atomic E-state index is 12.9. The van der Waals surface area contributed by atoms with Gasteiger partial charge in [0.1, 0.15) is 12.4 Å². The van der Waals surface area contributed by atoms with Gasteiger partial charge in [-0.2, -0.15) is 11.8 Å². The summed E-state index contributed by atoms with van der Waals surface area (Å²) in [5, 5.41) is 12.5. The summed E-state index contributed by atoms with van der Waals surface area (Å²) in [7, 11) is 0. The maximum Gasteiger partial charge on any atom is 0.333 e. The van der Waals surface area contributed by atoms with Crippen LogP contribution in [-0.4, -0.2) is 72.0 Å². The number of carbonyl (C=O) groups excluding carboxylic acids is 1. The number of carboxylic acid groups (broad SMARTS) is 1. The average molecular weight is 495 g/mol. The largest absolute Gasteiger partial charge is 0.492 e. The summed E-state index contributed by atoms with van der Waals surface area (Å²) in [6.45, 7) is 6.01. The van der Waals surface area contributed by atoms with Crippen molar-refractivity contribution in [2.45, 2.75) is 77.4 Å². The highest BCUT2D eigenvalue weighted by Gasteiger charge is 2.20. The quantitative estimate of drug-likeness (QED) is 0.315. The van der Waals surface area contributed by atoms with E-state index in [1.54, 1.807) is 6.92 Å². The lowest BCUT2D eigenvalue weighted by Crippen LogP contribution is -2.47. The zero-order valence-electron chi connectivity index (χ0n) is 20.8. The Kier molecular flexibility index (Phi) is 13.9. The van der Waals surface area contributed by atoms with Crippen molar-refractivity contribution in [3.63, 3.8) is 0 Å². The Hall–Kier alpha value is -1.93. The number of urea groups is 1. The predicted molar refractivity (Wildman–Crippen MR) is 138 cm³/mol. The Morgan fingerprint density at radius 3 is 2.50 bits per heavy atom. The van der Waals surface area contributed by atoms with Crippen LogP contribution in [0, 0.1) is 0 Å². The van der Waals surface area contributed by atoms with Gasteiger partial charge in [0.05, 0.1) is 6.54 Å². The second kappa shape index (κ2) is 16.7. The monoisotopic (exact) mass is 494 g/mol. The van der Waals surface area contributed by atoms with Gasteiger partial charge in [-0.15, -0.1) is 0 Å². The van der Waals surface area contributed by atoms with Crippen LogP contribution in [0.5, 0.6) is 5.75 Å². The lowest BCUT2D eigenvalue weighted by atomic mass is 9.96. The molecule has 0 radical (unpaired) electrons. The molecule has 0 aromatic heterocycles. The third-order valence-corrected chi connectivity index (χ3v) is 7.18. The number of rotatable bonds is 16. The Bertz CT molecular complexity index is 710. The van der Waals surface area contributed by atoms with Crippen LogP contribution in [0.15, 0.2) is 24.3 Å². The lowest BCUT2D eigenvalue weighted by molar-refractivity contribution is -0.149. The number of carboxylic acids is 1. The van der Waals surface area contributed by atoms with Crippen LogP contribution >= 0.6 is 11.8 Å². The van der Waals surface area contributed by atoms with Crippen molar-refractivity contribution in [3.05, 3.63) is 29.8 Å². The number of ether oxygens (including phenoxy) is 2. The first kappa shape index (κ1) is 28.3. The molecule has 2 amide bonds. The SMILES string of the molecule is CCCSCCCN(CCOc1ccc(CC(OCC)C(=O)O)cc1)C(=O)NC1CCCCC1. The van der Waals surface area contributed by atoms with Crippen LogP contribution in [-0.2, 0) is 16.0 Å². The summed E-state index contributed by atoms with van der Waals surface area (Å²) in [6, 6.07) is 7.72. The summed E-state index contributed by atoms with van der Waals surface area (Å²) in [5.41, 5.74) is 0.881. The van der Waals surface area contributed by atoms with E-state index in [-0.39, 0.29) is 12.1 Å². The molecule has 7 nitrogen and oxygen atoms in total. The summed E-state index contributed by atoms with van der Waals surface area (Å²) in [6.07, 6.45) is 7.40. The fourth-order valence-corrected chi connectivity index (χ4v) is 4.89. The van der Waals surface area contributed by atoms with Crippen molar-refractivity contribution in [3.8, 4) is 5.75 Å². The molecule has 1 aliphatic carbocycles. The van der Waals surface area contributed by atoms with Crippen LogP contribution in [0.25, 0.3) is 0 Å². The van der Waals surface area contributed by atoms with Gasteiger partial charge < -0.3 is 24.8 Å². The summed E-state index contributed by atoms with van der Waals surface area (Å²) >= 11 is 1.94. The third-order valence-electron chi connectivity index (χ3n) is 5.90. The zero-order chi connectivity index (χ0) is 24.6. The molecule has 1 saturated carbocycles. The van der Waals surface area contributed by atoms with Gasteiger partial charge in [-0.25, -0.2) is 9.59 Å². The molecule has 1 aliphatic rings. The fraction of sp³-hybridized carbons (Fsp3) is 0.692. The molecular formula is C26H42N2O5S. The number of carbonyl (C=O) groups is 2. The Morgan fingerprint density at radius 1 is 1.12 bits per heavy atom. The first-order valence-electron chi connectivity index (χ1n) is 12.7. The van der Waals surface area contributed by atoms with E-state index in [4.69, 9.17) is 9.47 Å². The number of hydrogen-bond acceptors (Lipinski definition) is 5. The van der Waals surface area contributed by atoms with E-state index in [2.05, 4.69) is 12.2 Å². The smallest absolute Gasteiger partial charge is 0.333 e. The molecule has 192 valence electrons. The highest BCUT2D eigenvalue weighted by molar-refractivity contribution is 7.99. The molecule has 0 spiro atoms. The van der Waals surface area contributed by atoms with Crippen LogP contribution in [0.3, 0.4) is 0 Å². The Balaban J connectivity index is 1.83. The van der Waals surface area contributed by atoms with E-state index in [1.165, 1.54) is 25.7 Å². The third kappa shape index (κ3) is 11.0. The van der Waals surface area contributed by atoms with E-state index in [0.717, 1.165) is 42.9 Å². The standard InChI is InChI=1S/C26H42N2O5S/c1-3-18-34-19-8-15-28(26(31)27-22-9-6-5-7-10-22)16-17-33-23-13-11-21(12-14-23)20-24(25(29)30)32-4-2/h11-14,22,24H,3-10,15-20H2,1-2H3,(H,27,31)(H,29,30). The van der Waals surface area contributed by atoms with Crippen molar-refractivity contribution in [1.29, 1.82) is 0 Å². The number of aliphatic carboxylic acids is 1. The van der Waals surface area contributed by atoms with Crippen molar-refractivity contribution < 1.29 is 24.2 Å². The molecule has 1 aromatic carbocycles. The van der Waals surface area contributed by atoms with Gasteiger partial charge in [-0.05, 0) is 61.8 Å². The minimum Gasteiger partial charge on any atom is -0.492 e. The van der Waals surface area contributed by atoms with Crippen molar-refractivity contribution in [1.82, 2.24) is 10.2 Å². The number of thioether (sulfide) groups is 1. The molecule has 0 aliphatic heterocycles. The van der Waals surface area contributed by atoms with E-state index in [9.17, 15) is 14.7 Å². The van der Waals surface area contributed by atoms with Crippen molar-refractivity contribution >= 4 is 23.8 Å². The molecule has 2 N–H and O–H groups in total. The van der Waals surface area contributed by atoms with Crippen LogP contribution in [0.1, 0.15) is 64.4 Å². The normalized spacial score (nSPS) is 15.0. The lowest BCUT2D eigenvalue weighted by Gasteiger charge is -2.28. The molecule has 0 heterocycles. The molecular weight excluding hydrogens is 452 g/mol. The number of benzene rings is 1. The predicted octanol–water partition coefficient (Wildman–Crippen LogP) is 4.98. The van der Waals surface area contributed by atoms with E-state index in [1.807, 2.05) is 40.9 Å². The van der Waals surface area contributed by atoms with Crippen LogP contribution in [0.2, 0.25) is 0 Å². The number of amides is 2. The van der Waals surface area contributed by atoms with Gasteiger partial charge in [0, 0.05) is 25.6 Å². The first-order valence-corrected chi connectivity index (χ1v) is 13.9. The average Bonchev–Trinajstić information content (AvgIpc) is 2.84. The van der Waals surface area contributed by atoms with Gasteiger partial charge in [-0.3, -0.25) is 0 Å². The minimum absolute atomic E-state index is 0.0157. The van der Waals surface area contributed by atoms with Gasteiger partial charge in [0.2, 0.25) is 0 Å². The highest BCUT2D eigenvalue weighted by atomic mass is 32.2. The molecule has 2 rings (SSSR count). The molecule has 1 atom stereocenters. The van der Waals surface area contributed by atoms with Gasteiger partial charge in [0.25, 0.3) is 0 Å².